The molecule has 2 heterocycles. The van der Waals surface area contributed by atoms with Crippen molar-refractivity contribution in [2.75, 3.05) is 45.8 Å². The van der Waals surface area contributed by atoms with Gasteiger partial charge in [0.25, 0.3) is 5.91 Å². The van der Waals surface area contributed by atoms with Gasteiger partial charge in [-0.2, -0.15) is 0 Å². The number of benzene rings is 1. The van der Waals surface area contributed by atoms with Gasteiger partial charge in [-0.25, -0.2) is 0 Å². The van der Waals surface area contributed by atoms with E-state index in [4.69, 9.17) is 4.42 Å². The molecule has 6 heteroatoms. The van der Waals surface area contributed by atoms with Gasteiger partial charge < -0.3 is 14.2 Å². The number of hydrogen-bond donors (Lipinski definition) is 0. The van der Waals surface area contributed by atoms with E-state index < -0.39 is 0 Å². The first-order valence-corrected chi connectivity index (χ1v) is 9.32. The molecular formula is C20H27N3O3. The Hall–Kier alpha value is -2.34. The maximum absolute atomic E-state index is 12.9. The van der Waals surface area contributed by atoms with Crippen molar-refractivity contribution in [3.8, 4) is 0 Å². The predicted octanol–water partition coefficient (Wildman–Crippen LogP) is 2.37. The molecule has 1 aromatic carbocycles. The topological polar surface area (TPSA) is 57.0 Å². The van der Waals surface area contributed by atoms with Gasteiger partial charge in [-0.15, -0.1) is 0 Å². The molecule has 0 aliphatic carbocycles. The van der Waals surface area contributed by atoms with Crippen LogP contribution in [0.5, 0.6) is 0 Å². The van der Waals surface area contributed by atoms with E-state index in [0.29, 0.717) is 38.5 Å². The van der Waals surface area contributed by atoms with Crippen LogP contribution < -0.4 is 0 Å². The van der Waals surface area contributed by atoms with Crippen LogP contribution in [0.4, 0.5) is 0 Å². The molecule has 1 aromatic heterocycles. The van der Waals surface area contributed by atoms with E-state index in [1.807, 2.05) is 54.8 Å². The summed E-state index contributed by atoms with van der Waals surface area (Å²) in [6.07, 6.45) is 0. The predicted molar refractivity (Wildman–Crippen MR) is 101 cm³/mol. The molecule has 0 N–H and O–H groups in total. The summed E-state index contributed by atoms with van der Waals surface area (Å²) in [5.41, 5.74) is 1.64. The Balaban J connectivity index is 1.61. The third kappa shape index (κ3) is 3.60. The van der Waals surface area contributed by atoms with Crippen molar-refractivity contribution in [3.05, 3.63) is 35.6 Å². The van der Waals surface area contributed by atoms with E-state index in [9.17, 15) is 9.59 Å². The number of fused-ring (bicyclic) bond motifs is 1. The Morgan fingerprint density at radius 1 is 1.08 bits per heavy atom. The average Bonchev–Trinajstić information content (AvgIpc) is 3.00. The van der Waals surface area contributed by atoms with Crippen LogP contribution in [0.2, 0.25) is 0 Å². The highest BCUT2D eigenvalue weighted by Crippen LogP contribution is 2.26. The SMILES string of the molecule is CCN(CC)C(=O)CN1CCN(C(=O)c2oc3ccccc3c2C)CC1. The summed E-state index contributed by atoms with van der Waals surface area (Å²) < 4.78 is 5.80. The van der Waals surface area contributed by atoms with E-state index in [2.05, 4.69) is 4.90 Å². The number of carbonyl (C=O) groups excluding carboxylic acids is 2. The summed E-state index contributed by atoms with van der Waals surface area (Å²) in [6, 6.07) is 7.72. The zero-order valence-electron chi connectivity index (χ0n) is 15.8. The normalized spacial score (nSPS) is 15.4. The van der Waals surface area contributed by atoms with Crippen LogP contribution in [0.15, 0.2) is 28.7 Å². The smallest absolute Gasteiger partial charge is 0.289 e. The molecule has 140 valence electrons. The first kappa shape index (κ1) is 18.5. The molecule has 0 saturated carbocycles. The highest BCUT2D eigenvalue weighted by Gasteiger charge is 2.27. The Bertz CT molecular complexity index is 787. The summed E-state index contributed by atoms with van der Waals surface area (Å²) in [5, 5.41) is 0.985. The molecule has 2 aromatic rings. The minimum Gasteiger partial charge on any atom is -0.451 e. The molecule has 1 fully saturated rings. The lowest BCUT2D eigenvalue weighted by atomic mass is 10.1. The number of piperazine rings is 1. The summed E-state index contributed by atoms with van der Waals surface area (Å²) in [6.45, 7) is 10.4. The van der Waals surface area contributed by atoms with Gasteiger partial charge in [-0.1, -0.05) is 18.2 Å². The number of rotatable bonds is 5. The molecule has 3 rings (SSSR count). The van der Waals surface area contributed by atoms with Gasteiger partial charge in [0.15, 0.2) is 5.76 Å². The Kier molecular flexibility index (Phi) is 5.61. The molecule has 0 bridgehead atoms. The fourth-order valence-corrected chi connectivity index (χ4v) is 3.50. The standard InChI is InChI=1S/C20H27N3O3/c1-4-22(5-2)18(24)14-21-10-12-23(13-11-21)20(25)19-15(3)16-8-6-7-9-17(16)26-19/h6-9H,4-5,10-14H2,1-3H3. The number of hydrogen-bond acceptors (Lipinski definition) is 4. The zero-order valence-corrected chi connectivity index (χ0v) is 15.8. The highest BCUT2D eigenvalue weighted by atomic mass is 16.3. The quantitative estimate of drug-likeness (QED) is 0.824. The van der Waals surface area contributed by atoms with Crippen molar-refractivity contribution in [3.63, 3.8) is 0 Å². The van der Waals surface area contributed by atoms with Crippen LogP contribution in [0.25, 0.3) is 11.0 Å². The van der Waals surface area contributed by atoms with Crippen molar-refractivity contribution in [1.82, 2.24) is 14.7 Å². The van der Waals surface area contributed by atoms with Gasteiger partial charge in [-0.05, 0) is 26.8 Å². The number of aryl methyl sites for hydroxylation is 1. The Morgan fingerprint density at radius 2 is 1.73 bits per heavy atom. The molecule has 1 aliphatic rings. The summed E-state index contributed by atoms with van der Waals surface area (Å²) in [4.78, 5) is 30.9. The van der Waals surface area contributed by atoms with Crippen molar-refractivity contribution in [2.45, 2.75) is 20.8 Å². The lowest BCUT2D eigenvalue weighted by Crippen LogP contribution is -2.51. The van der Waals surface area contributed by atoms with Gasteiger partial charge >= 0.3 is 0 Å². The van der Waals surface area contributed by atoms with Crippen molar-refractivity contribution >= 4 is 22.8 Å². The zero-order chi connectivity index (χ0) is 18.7. The number of furan rings is 1. The van der Waals surface area contributed by atoms with E-state index in [1.165, 1.54) is 0 Å². The second-order valence-electron chi connectivity index (χ2n) is 6.69. The van der Waals surface area contributed by atoms with Crippen LogP contribution in [0, 0.1) is 6.92 Å². The first-order valence-electron chi connectivity index (χ1n) is 9.32. The highest BCUT2D eigenvalue weighted by molar-refractivity contribution is 5.99. The summed E-state index contributed by atoms with van der Waals surface area (Å²) in [5.74, 6) is 0.523. The summed E-state index contributed by atoms with van der Waals surface area (Å²) >= 11 is 0. The third-order valence-electron chi connectivity index (χ3n) is 5.17. The van der Waals surface area contributed by atoms with Crippen LogP contribution in [-0.2, 0) is 4.79 Å². The van der Waals surface area contributed by atoms with Gasteiger partial charge in [0.1, 0.15) is 5.58 Å². The minimum atomic E-state index is -0.0616. The van der Waals surface area contributed by atoms with Crippen LogP contribution >= 0.6 is 0 Å². The monoisotopic (exact) mass is 357 g/mol. The van der Waals surface area contributed by atoms with E-state index in [1.54, 1.807) is 0 Å². The molecule has 0 spiro atoms. The van der Waals surface area contributed by atoms with E-state index >= 15 is 0 Å². The van der Waals surface area contributed by atoms with Crippen LogP contribution in [-0.4, -0.2) is 72.3 Å². The van der Waals surface area contributed by atoms with Crippen molar-refractivity contribution < 1.29 is 14.0 Å². The lowest BCUT2D eigenvalue weighted by molar-refractivity contribution is -0.132. The number of likely N-dealkylation sites (N-methyl/N-ethyl adjacent to an activating group) is 1. The number of para-hydroxylation sites is 1. The molecular weight excluding hydrogens is 330 g/mol. The molecule has 6 nitrogen and oxygen atoms in total. The molecule has 0 atom stereocenters. The Morgan fingerprint density at radius 3 is 2.35 bits per heavy atom. The van der Waals surface area contributed by atoms with Gasteiger partial charge in [0.05, 0.1) is 6.54 Å². The minimum absolute atomic E-state index is 0.0616. The third-order valence-corrected chi connectivity index (χ3v) is 5.17. The maximum Gasteiger partial charge on any atom is 0.289 e. The van der Waals surface area contributed by atoms with Crippen LogP contribution in [0.3, 0.4) is 0 Å². The van der Waals surface area contributed by atoms with Crippen molar-refractivity contribution in [1.29, 1.82) is 0 Å². The van der Waals surface area contributed by atoms with E-state index in [-0.39, 0.29) is 11.8 Å². The average molecular weight is 357 g/mol. The second kappa shape index (κ2) is 7.91. The maximum atomic E-state index is 12.9. The fourth-order valence-electron chi connectivity index (χ4n) is 3.50. The molecule has 2 amide bonds. The van der Waals surface area contributed by atoms with Crippen molar-refractivity contribution in [2.24, 2.45) is 0 Å². The van der Waals surface area contributed by atoms with Crippen LogP contribution in [0.1, 0.15) is 30.0 Å². The number of amides is 2. The summed E-state index contributed by atoms with van der Waals surface area (Å²) in [7, 11) is 0. The Labute approximate surface area is 154 Å². The van der Waals surface area contributed by atoms with Gasteiger partial charge in [0, 0.05) is 50.2 Å². The first-order chi connectivity index (χ1) is 12.5. The largest absolute Gasteiger partial charge is 0.451 e. The number of carbonyl (C=O) groups is 2. The molecule has 0 unspecified atom stereocenters. The second-order valence-corrected chi connectivity index (χ2v) is 6.69. The molecule has 1 aliphatic heterocycles. The lowest BCUT2D eigenvalue weighted by Gasteiger charge is -2.34. The fraction of sp³-hybridized carbons (Fsp3) is 0.500. The van der Waals surface area contributed by atoms with Gasteiger partial charge in [-0.3, -0.25) is 14.5 Å². The van der Waals surface area contributed by atoms with Gasteiger partial charge in [0.2, 0.25) is 5.91 Å². The number of nitrogens with zero attached hydrogens (tertiary/aromatic N) is 3. The van der Waals surface area contributed by atoms with E-state index in [0.717, 1.165) is 29.6 Å². The molecule has 26 heavy (non-hydrogen) atoms. The molecule has 0 radical (unpaired) electrons. The molecule has 1 saturated heterocycles.